The minimum Gasteiger partial charge on any atom is -0.365 e. The van der Waals surface area contributed by atoms with E-state index in [2.05, 4.69) is 87.6 Å². The maximum atomic E-state index is 14.3. The van der Waals surface area contributed by atoms with Crippen molar-refractivity contribution in [3.8, 4) is 15.4 Å². The van der Waals surface area contributed by atoms with Crippen molar-refractivity contribution in [2.75, 3.05) is 13.2 Å². The molecular formula is C48H58N8O4S2. The average molecular weight is 875 g/mol. The Balaban J connectivity index is 0.857. The molecular weight excluding hydrogens is 817 g/mol. The summed E-state index contributed by atoms with van der Waals surface area (Å²) in [6.45, 7) is 19.1. The molecule has 4 atom stereocenters. The summed E-state index contributed by atoms with van der Waals surface area (Å²) < 4.78 is 8.47. The zero-order chi connectivity index (χ0) is 44.1. The summed E-state index contributed by atoms with van der Waals surface area (Å²) in [7, 11) is 0. The van der Waals surface area contributed by atoms with Crippen LogP contribution in [0.4, 0.5) is 0 Å². The van der Waals surface area contributed by atoms with Crippen LogP contribution in [0.1, 0.15) is 129 Å². The fourth-order valence-corrected chi connectivity index (χ4v) is 10.7. The molecule has 3 amide bonds. The van der Waals surface area contributed by atoms with Crippen LogP contribution in [0.5, 0.6) is 0 Å². The molecule has 14 heteroatoms. The van der Waals surface area contributed by atoms with Gasteiger partial charge in [0.05, 0.1) is 27.8 Å². The van der Waals surface area contributed by atoms with Crippen LogP contribution >= 0.6 is 22.7 Å². The zero-order valence-electron chi connectivity index (χ0n) is 37.3. The van der Waals surface area contributed by atoms with Crippen molar-refractivity contribution in [1.82, 2.24) is 35.3 Å². The van der Waals surface area contributed by atoms with E-state index in [-0.39, 0.29) is 29.8 Å². The molecule has 1 unspecified atom stereocenters. The fraction of sp³-hybridized carbons (Fsp3) is 0.479. The topological polar surface area (TPSA) is 144 Å². The molecule has 326 valence electrons. The number of rotatable bonds is 13. The van der Waals surface area contributed by atoms with Gasteiger partial charge < -0.3 is 20.3 Å². The minimum absolute atomic E-state index is 0.140. The molecule has 2 N–H and O–H groups in total. The van der Waals surface area contributed by atoms with E-state index in [0.717, 1.165) is 74.4 Å². The predicted octanol–water partition coefficient (Wildman–Crippen LogP) is 8.48. The van der Waals surface area contributed by atoms with Crippen molar-refractivity contribution < 1.29 is 19.1 Å². The number of hydrogen-bond donors (Lipinski definition) is 2. The van der Waals surface area contributed by atoms with Crippen LogP contribution in [0.25, 0.3) is 15.4 Å². The lowest BCUT2D eigenvalue weighted by molar-refractivity contribution is -0.147. The number of thiazole rings is 1. The Kier molecular flexibility index (Phi) is 12.1. The Morgan fingerprint density at radius 3 is 2.34 bits per heavy atom. The zero-order valence-corrected chi connectivity index (χ0v) is 38.9. The van der Waals surface area contributed by atoms with Gasteiger partial charge >= 0.3 is 0 Å². The van der Waals surface area contributed by atoms with E-state index in [1.54, 1.807) is 27.6 Å². The third-order valence-corrected chi connectivity index (χ3v) is 14.9. The Bertz CT molecular complexity index is 2510. The number of likely N-dealkylation sites (tertiary alicyclic amines) is 1. The molecule has 3 aliphatic rings. The van der Waals surface area contributed by atoms with Crippen LogP contribution in [0.2, 0.25) is 0 Å². The number of hydrogen-bond acceptors (Lipinski definition) is 10. The van der Waals surface area contributed by atoms with Crippen molar-refractivity contribution >= 4 is 46.1 Å². The molecule has 0 spiro atoms. The molecule has 0 radical (unpaired) electrons. The molecule has 8 rings (SSSR count). The van der Waals surface area contributed by atoms with Gasteiger partial charge in [0.15, 0.2) is 5.82 Å². The number of aryl methyl sites for hydroxylation is 4. The number of ether oxygens (including phenoxy) is 1. The number of benzene rings is 2. The number of nitrogens with zero attached hydrogens (tertiary/aromatic N) is 6. The highest BCUT2D eigenvalue weighted by molar-refractivity contribution is 7.15. The second-order valence-electron chi connectivity index (χ2n) is 18.3. The number of aromatic nitrogens is 4. The van der Waals surface area contributed by atoms with E-state index >= 15 is 0 Å². The first-order valence-electron chi connectivity index (χ1n) is 21.8. The van der Waals surface area contributed by atoms with E-state index in [9.17, 15) is 14.4 Å². The van der Waals surface area contributed by atoms with Gasteiger partial charge in [0.1, 0.15) is 34.6 Å². The van der Waals surface area contributed by atoms with E-state index in [1.165, 1.54) is 16.0 Å². The van der Waals surface area contributed by atoms with E-state index in [1.807, 2.05) is 59.2 Å². The Morgan fingerprint density at radius 1 is 0.968 bits per heavy atom. The maximum absolute atomic E-state index is 14.3. The smallest absolute Gasteiger partial charge is 0.252 e. The number of fused-ring (bicyclic) bond motifs is 3. The van der Waals surface area contributed by atoms with Crippen LogP contribution in [0.15, 0.2) is 59.0 Å². The molecule has 3 aromatic heterocycles. The second-order valence-corrected chi connectivity index (χ2v) is 20.3. The third-order valence-electron chi connectivity index (χ3n) is 12.7. The van der Waals surface area contributed by atoms with Gasteiger partial charge in [-0.25, -0.2) is 4.98 Å². The van der Waals surface area contributed by atoms with E-state index in [0.29, 0.717) is 32.4 Å². The standard InChI is InChI=1S/C48H58N8O4S2/c1-27-31(5)62-45-38(27)39(50-30(4)42-54-53-32(6)56(42)45)35-16-14-33(15-17-35)12-11-25-60-48(22-23-48)46(59)52-41(47(7,8)9)44(58)55-24-10-13-37(55)43(57)51-28(2)34-18-20-36(21-19-34)40-29(3)49-26-61-40/h14-21,26,28,30,37,41H,10-13,22-25H2,1-9H3,(H,51,57)(H,52,59)/t28-,30-,37-,41?/m0/s1. The first-order chi connectivity index (χ1) is 29.6. The minimum atomic E-state index is -0.941. The summed E-state index contributed by atoms with van der Waals surface area (Å²) in [4.78, 5) is 55.5. The summed E-state index contributed by atoms with van der Waals surface area (Å²) in [6, 6.07) is 15.0. The van der Waals surface area contributed by atoms with E-state index in [4.69, 9.17) is 9.73 Å². The summed E-state index contributed by atoms with van der Waals surface area (Å²) in [6.07, 6.45) is 4.04. The lowest BCUT2D eigenvalue weighted by Gasteiger charge is -2.36. The van der Waals surface area contributed by atoms with Crippen molar-refractivity contribution in [3.05, 3.63) is 104 Å². The van der Waals surface area contributed by atoms with Gasteiger partial charge in [0.25, 0.3) is 5.91 Å². The highest BCUT2D eigenvalue weighted by Crippen LogP contribution is 2.41. The Labute approximate surface area is 372 Å². The summed E-state index contributed by atoms with van der Waals surface area (Å²) in [5.74, 6) is 1.04. The normalized spacial score (nSPS) is 18.9. The van der Waals surface area contributed by atoms with Crippen LogP contribution in [0, 0.1) is 33.1 Å². The fourth-order valence-electron chi connectivity index (χ4n) is 8.68. The molecule has 5 heterocycles. The molecule has 2 aliphatic heterocycles. The van der Waals surface area contributed by atoms with Gasteiger partial charge in [0, 0.05) is 29.2 Å². The average Bonchev–Trinajstić information content (AvgIpc) is 3.51. The number of carbonyl (C=O) groups excluding carboxylic acids is 3. The summed E-state index contributed by atoms with van der Waals surface area (Å²) in [5, 5.41) is 16.2. The van der Waals surface area contributed by atoms with Crippen LogP contribution < -0.4 is 10.6 Å². The largest absolute Gasteiger partial charge is 0.365 e. The van der Waals surface area contributed by atoms with Gasteiger partial charge in [-0.3, -0.25) is 23.9 Å². The van der Waals surface area contributed by atoms with Gasteiger partial charge in [-0.1, -0.05) is 69.3 Å². The molecule has 5 aromatic rings. The summed E-state index contributed by atoms with van der Waals surface area (Å²) >= 11 is 3.36. The molecule has 1 saturated carbocycles. The molecule has 2 fully saturated rings. The van der Waals surface area contributed by atoms with Crippen molar-refractivity contribution in [3.63, 3.8) is 0 Å². The van der Waals surface area contributed by atoms with Crippen molar-refractivity contribution in [2.24, 2.45) is 10.4 Å². The maximum Gasteiger partial charge on any atom is 0.252 e. The van der Waals surface area contributed by atoms with Crippen LogP contribution in [0.3, 0.4) is 0 Å². The van der Waals surface area contributed by atoms with Crippen molar-refractivity contribution in [1.29, 1.82) is 0 Å². The highest BCUT2D eigenvalue weighted by atomic mass is 32.1. The lowest BCUT2D eigenvalue weighted by atomic mass is 9.85. The molecule has 1 aliphatic carbocycles. The lowest BCUT2D eigenvalue weighted by Crippen LogP contribution is -2.59. The SMILES string of the molecule is Cc1ncsc1-c1ccc([C@H](C)NC(=O)[C@@H]2CCCN2C(=O)C(NC(=O)C2(OCCCc3ccc(C4=N[C@@H](C)c5nnc(C)n5-c5sc(C)c(C)c54)cc3)CC2)C(C)(C)C)cc1. The Morgan fingerprint density at radius 2 is 1.68 bits per heavy atom. The first kappa shape index (κ1) is 43.6. The Hall–Kier alpha value is -5.05. The molecule has 1 saturated heterocycles. The molecule has 2 aromatic carbocycles. The predicted molar refractivity (Wildman–Crippen MR) is 245 cm³/mol. The van der Waals surface area contributed by atoms with Crippen LogP contribution in [-0.4, -0.2) is 78.9 Å². The van der Waals surface area contributed by atoms with Crippen LogP contribution in [-0.2, 0) is 25.5 Å². The molecule has 12 nitrogen and oxygen atoms in total. The van der Waals surface area contributed by atoms with E-state index < -0.39 is 23.1 Å². The quantitative estimate of drug-likeness (QED) is 0.113. The second kappa shape index (κ2) is 17.3. The van der Waals surface area contributed by atoms with Gasteiger partial charge in [0.2, 0.25) is 11.8 Å². The first-order valence-corrected chi connectivity index (χ1v) is 23.5. The van der Waals surface area contributed by atoms with Crippen molar-refractivity contribution in [2.45, 2.75) is 131 Å². The number of aliphatic imine (C=N–C) groups is 1. The summed E-state index contributed by atoms with van der Waals surface area (Å²) in [5.41, 5.74) is 8.96. The molecule has 62 heavy (non-hydrogen) atoms. The van der Waals surface area contributed by atoms with Gasteiger partial charge in [-0.2, -0.15) is 0 Å². The number of nitrogens with one attached hydrogen (secondary N) is 2. The molecule has 0 bridgehead atoms. The third kappa shape index (κ3) is 8.53. The van der Waals surface area contributed by atoms with Gasteiger partial charge in [-0.05, 0) is 108 Å². The number of thiophene rings is 1. The highest BCUT2D eigenvalue weighted by Gasteiger charge is 2.53. The number of carbonyl (C=O) groups is 3. The monoisotopic (exact) mass is 874 g/mol. The van der Waals surface area contributed by atoms with Gasteiger partial charge in [-0.15, -0.1) is 32.9 Å². The number of amides is 3.